The van der Waals surface area contributed by atoms with E-state index in [4.69, 9.17) is 5.26 Å². The van der Waals surface area contributed by atoms with Gasteiger partial charge in [-0.05, 0) is 52.0 Å². The molecule has 0 aliphatic heterocycles. The fraction of sp³-hybridized carbons (Fsp3) is 0.571. The van der Waals surface area contributed by atoms with Gasteiger partial charge < -0.3 is 0 Å². The first-order chi connectivity index (χ1) is 7.97. The maximum Gasteiger partial charge on any atom is 0.135 e. The molecule has 1 aromatic heterocycles. The zero-order chi connectivity index (χ0) is 12.6. The lowest BCUT2D eigenvalue weighted by molar-refractivity contribution is 0.174. The summed E-state index contributed by atoms with van der Waals surface area (Å²) in [5.74, 6) is 0. The van der Waals surface area contributed by atoms with Crippen LogP contribution in [-0.4, -0.2) is 4.98 Å². The lowest BCUT2D eigenvalue weighted by Crippen LogP contribution is -2.19. The number of aryl methyl sites for hydroxylation is 2. The number of alkyl halides is 1. The van der Waals surface area contributed by atoms with Crippen molar-refractivity contribution in [3.63, 3.8) is 0 Å². The van der Waals surface area contributed by atoms with Gasteiger partial charge in [0, 0.05) is 11.3 Å². The summed E-state index contributed by atoms with van der Waals surface area (Å²) >= 11 is 0. The molecule has 17 heavy (non-hydrogen) atoms. The third-order valence-electron chi connectivity index (χ3n) is 3.65. The van der Waals surface area contributed by atoms with Crippen molar-refractivity contribution in [1.29, 1.82) is 5.26 Å². The van der Waals surface area contributed by atoms with Gasteiger partial charge in [-0.1, -0.05) is 0 Å². The molecule has 0 fully saturated rings. The summed E-state index contributed by atoms with van der Waals surface area (Å²) in [6.07, 6.45) is 3.20. The van der Waals surface area contributed by atoms with E-state index >= 15 is 0 Å². The van der Waals surface area contributed by atoms with E-state index in [2.05, 4.69) is 11.1 Å². The molecule has 2 rings (SSSR count). The summed E-state index contributed by atoms with van der Waals surface area (Å²) in [7, 11) is 0. The lowest BCUT2D eigenvalue weighted by Gasteiger charge is -2.24. The van der Waals surface area contributed by atoms with Crippen LogP contribution >= 0.6 is 0 Å². The molecular formula is C14H17FN2. The monoisotopic (exact) mass is 232 g/mol. The van der Waals surface area contributed by atoms with E-state index in [1.54, 1.807) is 6.92 Å². The Kier molecular flexibility index (Phi) is 2.91. The minimum atomic E-state index is -1.35. The number of aromatic nitrogens is 1. The molecule has 3 heteroatoms. The molecule has 0 amide bonds. The predicted molar refractivity (Wildman–Crippen MR) is 64.4 cm³/mol. The minimum Gasteiger partial charge on any atom is -0.256 e. The number of nitriles is 1. The second-order valence-corrected chi connectivity index (χ2v) is 5.04. The molecule has 1 aliphatic rings. The SMILES string of the molecule is Cc1nc2c(c(C)c1C#N)C(C)(F)CCCC2. The second-order valence-electron chi connectivity index (χ2n) is 5.04. The average molecular weight is 232 g/mol. The van der Waals surface area contributed by atoms with Gasteiger partial charge in [0.2, 0.25) is 0 Å². The fourth-order valence-electron chi connectivity index (χ4n) is 2.84. The number of halogens is 1. The normalized spacial score (nSPS) is 23.7. The van der Waals surface area contributed by atoms with Crippen LogP contribution in [0.15, 0.2) is 0 Å². The smallest absolute Gasteiger partial charge is 0.135 e. The van der Waals surface area contributed by atoms with Crippen LogP contribution in [0.5, 0.6) is 0 Å². The maximum absolute atomic E-state index is 14.7. The predicted octanol–water partition coefficient (Wildman–Crippen LogP) is 3.48. The zero-order valence-electron chi connectivity index (χ0n) is 10.6. The highest BCUT2D eigenvalue weighted by molar-refractivity contribution is 5.49. The summed E-state index contributed by atoms with van der Waals surface area (Å²) in [4.78, 5) is 4.44. The van der Waals surface area contributed by atoms with Crippen LogP contribution in [0.1, 0.15) is 54.3 Å². The van der Waals surface area contributed by atoms with Gasteiger partial charge in [0.25, 0.3) is 0 Å². The van der Waals surface area contributed by atoms with Crippen molar-refractivity contribution in [2.45, 2.75) is 52.1 Å². The summed E-state index contributed by atoms with van der Waals surface area (Å²) < 4.78 is 14.7. The Morgan fingerprint density at radius 2 is 2.06 bits per heavy atom. The molecule has 90 valence electrons. The van der Waals surface area contributed by atoms with Gasteiger partial charge >= 0.3 is 0 Å². The Labute approximate surface area is 101 Å². The Hall–Kier alpha value is -1.43. The Balaban J connectivity index is 2.74. The number of pyridine rings is 1. The van der Waals surface area contributed by atoms with E-state index in [0.29, 0.717) is 17.5 Å². The molecule has 2 nitrogen and oxygen atoms in total. The third kappa shape index (κ3) is 1.93. The van der Waals surface area contributed by atoms with Crippen molar-refractivity contribution in [3.8, 4) is 6.07 Å². The van der Waals surface area contributed by atoms with Gasteiger partial charge in [-0.25, -0.2) is 4.39 Å². The quantitative estimate of drug-likeness (QED) is 0.642. The Morgan fingerprint density at radius 3 is 2.71 bits per heavy atom. The average Bonchev–Trinajstić information content (AvgIpc) is 2.37. The molecule has 1 aliphatic carbocycles. The molecular weight excluding hydrogens is 215 g/mol. The summed E-state index contributed by atoms with van der Waals surface area (Å²) in [6.45, 7) is 5.28. The number of hydrogen-bond donors (Lipinski definition) is 0. The van der Waals surface area contributed by atoms with E-state index in [1.165, 1.54) is 0 Å². The summed E-state index contributed by atoms with van der Waals surface area (Å²) in [5.41, 5.74) is 2.21. The highest BCUT2D eigenvalue weighted by Crippen LogP contribution is 2.39. The van der Waals surface area contributed by atoms with Crippen LogP contribution in [-0.2, 0) is 12.1 Å². The molecule has 0 aromatic carbocycles. The van der Waals surface area contributed by atoms with Gasteiger partial charge in [-0.2, -0.15) is 5.26 Å². The fourth-order valence-corrected chi connectivity index (χ4v) is 2.84. The largest absolute Gasteiger partial charge is 0.256 e. The van der Waals surface area contributed by atoms with Gasteiger partial charge in [-0.15, -0.1) is 0 Å². The Morgan fingerprint density at radius 1 is 1.35 bits per heavy atom. The van der Waals surface area contributed by atoms with Crippen molar-refractivity contribution in [1.82, 2.24) is 4.98 Å². The van der Waals surface area contributed by atoms with Crippen LogP contribution in [0, 0.1) is 25.2 Å². The third-order valence-corrected chi connectivity index (χ3v) is 3.65. The number of fused-ring (bicyclic) bond motifs is 1. The van der Waals surface area contributed by atoms with Crippen molar-refractivity contribution >= 4 is 0 Å². The van der Waals surface area contributed by atoms with Gasteiger partial charge in [0.05, 0.1) is 11.3 Å². The van der Waals surface area contributed by atoms with Crippen LogP contribution in [0.4, 0.5) is 4.39 Å². The highest BCUT2D eigenvalue weighted by Gasteiger charge is 2.34. The van der Waals surface area contributed by atoms with E-state index in [0.717, 1.165) is 36.2 Å². The molecule has 0 saturated carbocycles. The van der Waals surface area contributed by atoms with Crippen molar-refractivity contribution in [2.75, 3.05) is 0 Å². The van der Waals surface area contributed by atoms with Crippen LogP contribution < -0.4 is 0 Å². The molecule has 0 spiro atoms. The Bertz CT molecular complexity index is 498. The van der Waals surface area contributed by atoms with E-state index in [-0.39, 0.29) is 0 Å². The molecule has 0 saturated heterocycles. The van der Waals surface area contributed by atoms with Crippen LogP contribution in [0.25, 0.3) is 0 Å². The van der Waals surface area contributed by atoms with E-state index < -0.39 is 5.67 Å². The maximum atomic E-state index is 14.7. The number of rotatable bonds is 0. The number of hydrogen-bond acceptors (Lipinski definition) is 2. The van der Waals surface area contributed by atoms with Gasteiger partial charge in [0.1, 0.15) is 11.7 Å². The summed E-state index contributed by atoms with van der Waals surface area (Å²) in [5, 5.41) is 9.13. The molecule has 0 bridgehead atoms. The molecule has 1 heterocycles. The first kappa shape index (κ1) is 12.0. The molecule has 1 atom stereocenters. The van der Waals surface area contributed by atoms with Crippen LogP contribution in [0.2, 0.25) is 0 Å². The second kappa shape index (κ2) is 4.10. The summed E-state index contributed by atoms with van der Waals surface area (Å²) in [6, 6.07) is 2.14. The molecule has 1 unspecified atom stereocenters. The standard InChI is InChI=1S/C14H17FN2/c1-9-11(8-16)10(2)17-12-6-4-5-7-14(3,15)13(9)12/h4-7H2,1-3H3. The number of nitrogens with zero attached hydrogens (tertiary/aromatic N) is 2. The van der Waals surface area contributed by atoms with Gasteiger partial charge in [0.15, 0.2) is 0 Å². The highest BCUT2D eigenvalue weighted by atomic mass is 19.1. The van der Waals surface area contributed by atoms with Gasteiger partial charge in [-0.3, -0.25) is 4.98 Å². The van der Waals surface area contributed by atoms with Crippen molar-refractivity contribution < 1.29 is 4.39 Å². The molecule has 0 radical (unpaired) electrons. The first-order valence-electron chi connectivity index (χ1n) is 6.07. The van der Waals surface area contributed by atoms with E-state index in [9.17, 15) is 4.39 Å². The first-order valence-corrected chi connectivity index (χ1v) is 6.07. The van der Waals surface area contributed by atoms with Crippen molar-refractivity contribution in [2.24, 2.45) is 0 Å². The lowest BCUT2D eigenvalue weighted by atomic mass is 9.88. The van der Waals surface area contributed by atoms with Crippen molar-refractivity contribution in [3.05, 3.63) is 28.1 Å². The molecule has 0 N–H and O–H groups in total. The minimum absolute atomic E-state index is 0.524. The van der Waals surface area contributed by atoms with E-state index in [1.807, 2.05) is 13.8 Å². The molecule has 1 aromatic rings. The topological polar surface area (TPSA) is 36.7 Å². The van der Waals surface area contributed by atoms with Crippen LogP contribution in [0.3, 0.4) is 0 Å². The zero-order valence-corrected chi connectivity index (χ0v) is 10.6.